The lowest BCUT2D eigenvalue weighted by molar-refractivity contribution is -0.132. The molecule has 1 aromatic heterocycles. The van der Waals surface area contributed by atoms with Gasteiger partial charge in [-0.05, 0) is 114 Å². The molecule has 1 heterocycles. The van der Waals surface area contributed by atoms with Crippen molar-refractivity contribution in [2.24, 2.45) is 12.5 Å². The molecule has 0 atom stereocenters. The van der Waals surface area contributed by atoms with Gasteiger partial charge in [-0.2, -0.15) is 5.26 Å². The molecular formula is C35H40FN3O5. The van der Waals surface area contributed by atoms with E-state index in [1.54, 1.807) is 53.1 Å². The smallest absolute Gasteiger partial charge is 0.254 e. The average Bonchev–Trinajstić information content (AvgIpc) is 2.93. The topological polar surface area (TPSA) is 114 Å². The molecule has 2 aliphatic rings. The minimum atomic E-state index is -1.15. The van der Waals surface area contributed by atoms with Crippen LogP contribution in [0, 0.1) is 36.4 Å². The number of aliphatic hydroxyl groups is 1. The van der Waals surface area contributed by atoms with Crippen LogP contribution < -0.4 is 20.3 Å². The summed E-state index contributed by atoms with van der Waals surface area (Å²) in [6, 6.07) is 11.9. The standard InChI is InChI=1S/C35H40FN3O5/c1-21-15-24(36)16-22(2)32(21)44-29-12-7-23(34(3,4)42)17-27(29)28-19-39(5)31(40)18-30(28)43-26-10-8-25(9-11-26)38-33(41)35(20-37)13-6-14-35/h7,12,15-19,25-26,42H,6,8-11,13-14H2,1-5H3,(H,38,41). The van der Waals surface area contributed by atoms with Gasteiger partial charge in [0.15, 0.2) is 0 Å². The van der Waals surface area contributed by atoms with E-state index < -0.39 is 11.0 Å². The van der Waals surface area contributed by atoms with Crippen molar-refractivity contribution in [1.29, 1.82) is 5.26 Å². The van der Waals surface area contributed by atoms with Crippen LogP contribution >= 0.6 is 0 Å². The number of halogens is 1. The number of nitrogens with zero attached hydrogens (tertiary/aromatic N) is 2. The molecule has 1 amide bonds. The van der Waals surface area contributed by atoms with Crippen LogP contribution in [-0.4, -0.2) is 27.7 Å². The number of ether oxygens (including phenoxy) is 2. The highest BCUT2D eigenvalue weighted by Gasteiger charge is 2.45. The van der Waals surface area contributed by atoms with E-state index in [0.29, 0.717) is 83.6 Å². The SMILES string of the molecule is Cc1cc(F)cc(C)c1Oc1ccc(C(C)(C)O)cc1-c1cn(C)c(=O)cc1OC1CCC(NC(=O)C2(C#N)CCC2)CC1. The van der Waals surface area contributed by atoms with Crippen LogP contribution in [0.4, 0.5) is 4.39 Å². The molecule has 0 unspecified atom stereocenters. The monoisotopic (exact) mass is 601 g/mol. The highest BCUT2D eigenvalue weighted by atomic mass is 19.1. The van der Waals surface area contributed by atoms with Crippen molar-refractivity contribution in [3.05, 3.63) is 75.5 Å². The molecule has 44 heavy (non-hydrogen) atoms. The Kier molecular flexibility index (Phi) is 8.59. The Morgan fingerprint density at radius 1 is 1.07 bits per heavy atom. The van der Waals surface area contributed by atoms with Gasteiger partial charge in [0, 0.05) is 36.5 Å². The number of nitrogens with one attached hydrogen (secondary N) is 1. The zero-order valence-corrected chi connectivity index (χ0v) is 26.0. The maximum Gasteiger partial charge on any atom is 0.254 e. The molecule has 0 bridgehead atoms. The normalized spacial score (nSPS) is 19.4. The number of amides is 1. The number of aromatic nitrogens is 1. The Balaban J connectivity index is 1.44. The zero-order chi connectivity index (χ0) is 31.8. The highest BCUT2D eigenvalue weighted by Crippen LogP contribution is 2.43. The molecule has 0 spiro atoms. The van der Waals surface area contributed by atoms with Crippen molar-refractivity contribution >= 4 is 5.91 Å². The van der Waals surface area contributed by atoms with Gasteiger partial charge in [0.1, 0.15) is 28.5 Å². The lowest BCUT2D eigenvalue weighted by Gasteiger charge is -2.36. The van der Waals surface area contributed by atoms with Gasteiger partial charge in [0.25, 0.3) is 5.56 Å². The maximum atomic E-state index is 14.0. The van der Waals surface area contributed by atoms with E-state index in [-0.39, 0.29) is 29.4 Å². The van der Waals surface area contributed by atoms with Crippen molar-refractivity contribution < 1.29 is 23.8 Å². The first-order chi connectivity index (χ1) is 20.8. The summed E-state index contributed by atoms with van der Waals surface area (Å²) in [7, 11) is 1.66. The van der Waals surface area contributed by atoms with E-state index in [0.717, 1.165) is 6.42 Å². The zero-order valence-electron chi connectivity index (χ0n) is 26.0. The summed E-state index contributed by atoms with van der Waals surface area (Å²) in [4.78, 5) is 25.6. The summed E-state index contributed by atoms with van der Waals surface area (Å²) in [5.74, 6) is 0.865. The first kappa shape index (κ1) is 31.3. The number of carbonyl (C=O) groups is 1. The second kappa shape index (κ2) is 12.1. The second-order valence-electron chi connectivity index (χ2n) is 12.9. The average molecular weight is 602 g/mol. The van der Waals surface area contributed by atoms with Crippen molar-refractivity contribution in [2.45, 2.75) is 90.4 Å². The molecule has 2 fully saturated rings. The van der Waals surface area contributed by atoms with Crippen LogP contribution in [0.3, 0.4) is 0 Å². The fourth-order valence-corrected chi connectivity index (χ4v) is 6.04. The van der Waals surface area contributed by atoms with Crippen LogP contribution in [0.1, 0.15) is 75.5 Å². The van der Waals surface area contributed by atoms with E-state index >= 15 is 0 Å². The van der Waals surface area contributed by atoms with Crippen LogP contribution in [0.25, 0.3) is 11.1 Å². The summed E-state index contributed by atoms with van der Waals surface area (Å²) in [5, 5.41) is 23.4. The fraction of sp³-hybridized carbons (Fsp3) is 0.457. The van der Waals surface area contributed by atoms with E-state index in [4.69, 9.17) is 9.47 Å². The lowest BCUT2D eigenvalue weighted by atomic mass is 9.69. The Bertz CT molecular complexity index is 1650. The molecule has 3 aromatic rings. The third-order valence-corrected chi connectivity index (χ3v) is 8.96. The molecule has 232 valence electrons. The van der Waals surface area contributed by atoms with E-state index in [2.05, 4.69) is 11.4 Å². The molecule has 2 saturated carbocycles. The molecule has 2 aliphatic carbocycles. The molecule has 2 N–H and O–H groups in total. The maximum absolute atomic E-state index is 14.0. The van der Waals surface area contributed by atoms with Gasteiger partial charge in [-0.15, -0.1) is 0 Å². The van der Waals surface area contributed by atoms with Crippen molar-refractivity contribution in [1.82, 2.24) is 9.88 Å². The van der Waals surface area contributed by atoms with E-state index in [1.165, 1.54) is 22.8 Å². The molecule has 9 heteroatoms. The van der Waals surface area contributed by atoms with Gasteiger partial charge in [-0.25, -0.2) is 4.39 Å². The molecule has 0 saturated heterocycles. The third kappa shape index (κ3) is 6.36. The number of hydrogen-bond acceptors (Lipinski definition) is 6. The summed E-state index contributed by atoms with van der Waals surface area (Å²) in [5.41, 5.74) is 0.877. The highest BCUT2D eigenvalue weighted by molar-refractivity contribution is 5.86. The van der Waals surface area contributed by atoms with E-state index in [1.807, 2.05) is 6.07 Å². The van der Waals surface area contributed by atoms with Crippen LogP contribution in [-0.2, 0) is 17.4 Å². The Morgan fingerprint density at radius 3 is 2.30 bits per heavy atom. The van der Waals surface area contributed by atoms with Gasteiger partial charge < -0.3 is 24.5 Å². The van der Waals surface area contributed by atoms with Gasteiger partial charge in [-0.1, -0.05) is 6.07 Å². The Labute approximate surface area is 257 Å². The number of rotatable bonds is 8. The summed E-state index contributed by atoms with van der Waals surface area (Å²) >= 11 is 0. The van der Waals surface area contributed by atoms with Crippen LogP contribution in [0.15, 0.2) is 47.4 Å². The summed E-state index contributed by atoms with van der Waals surface area (Å²) in [6.45, 7) is 6.95. The largest absolute Gasteiger partial charge is 0.490 e. The predicted octanol–water partition coefficient (Wildman–Crippen LogP) is 6.33. The number of aryl methyl sites for hydroxylation is 3. The van der Waals surface area contributed by atoms with Gasteiger partial charge in [0.05, 0.1) is 17.8 Å². The molecule has 0 radical (unpaired) electrons. The quantitative estimate of drug-likeness (QED) is 0.312. The Hall–Kier alpha value is -4.16. The van der Waals surface area contributed by atoms with Crippen molar-refractivity contribution in [3.8, 4) is 34.4 Å². The number of pyridine rings is 1. The first-order valence-electron chi connectivity index (χ1n) is 15.2. The summed E-state index contributed by atoms with van der Waals surface area (Å²) < 4.78 is 28.4. The number of carbonyl (C=O) groups excluding carboxylic acids is 1. The minimum absolute atomic E-state index is 0.0260. The molecule has 2 aromatic carbocycles. The van der Waals surface area contributed by atoms with Gasteiger partial charge in [-0.3, -0.25) is 9.59 Å². The first-order valence-corrected chi connectivity index (χ1v) is 15.2. The molecule has 8 nitrogen and oxygen atoms in total. The summed E-state index contributed by atoms with van der Waals surface area (Å²) in [6.07, 6.45) is 6.36. The van der Waals surface area contributed by atoms with Crippen molar-refractivity contribution in [3.63, 3.8) is 0 Å². The lowest BCUT2D eigenvalue weighted by Crippen LogP contribution is -2.49. The molecular weight excluding hydrogens is 561 g/mol. The minimum Gasteiger partial charge on any atom is -0.490 e. The van der Waals surface area contributed by atoms with Crippen LogP contribution in [0.2, 0.25) is 0 Å². The number of nitriles is 1. The number of hydrogen-bond donors (Lipinski definition) is 2. The van der Waals surface area contributed by atoms with Gasteiger partial charge >= 0.3 is 0 Å². The van der Waals surface area contributed by atoms with Crippen molar-refractivity contribution in [2.75, 3.05) is 0 Å². The number of benzene rings is 2. The predicted molar refractivity (Wildman–Crippen MR) is 165 cm³/mol. The van der Waals surface area contributed by atoms with E-state index in [9.17, 15) is 24.3 Å². The molecule has 0 aliphatic heterocycles. The third-order valence-electron chi connectivity index (χ3n) is 8.96. The van der Waals surface area contributed by atoms with Gasteiger partial charge in [0.2, 0.25) is 5.91 Å². The Morgan fingerprint density at radius 2 is 1.73 bits per heavy atom. The fourth-order valence-electron chi connectivity index (χ4n) is 6.04. The second-order valence-corrected chi connectivity index (χ2v) is 12.9. The van der Waals surface area contributed by atoms with Crippen LogP contribution in [0.5, 0.6) is 17.2 Å². The molecule has 5 rings (SSSR count).